The van der Waals surface area contributed by atoms with Crippen molar-refractivity contribution in [2.24, 2.45) is 0 Å². The fourth-order valence-electron chi connectivity index (χ4n) is 3.43. The minimum Gasteiger partial charge on any atom is -0.497 e. The Morgan fingerprint density at radius 1 is 0.966 bits per heavy atom. The van der Waals surface area contributed by atoms with Crippen LogP contribution in [0.3, 0.4) is 0 Å². The Kier molecular flexibility index (Phi) is 6.31. The standard InChI is InChI=1S/C21H22BO6S/c1-24-14-7-5-12(6-8-14)15-11-16(28-29-22)20(23)19(15)13-9-17(25-2)21(27-4)18(10-13)26-3/h5-10,16,22H,11H2,1-4H3/i22T. The molecule has 1 aliphatic carbocycles. The van der Waals surface area contributed by atoms with Crippen molar-refractivity contribution in [2.45, 2.75) is 12.5 Å². The molecule has 0 saturated heterocycles. The number of hydrogen-bond donors (Lipinski definition) is 0. The largest absolute Gasteiger partial charge is 0.497 e. The van der Waals surface area contributed by atoms with Gasteiger partial charge in [-0.3, -0.25) is 4.79 Å². The molecule has 1 atom stereocenters. The highest BCUT2D eigenvalue weighted by atomic mass is 32.2. The molecule has 0 spiro atoms. The molecule has 0 fully saturated rings. The average molecular weight is 415 g/mol. The predicted octanol–water partition coefficient (Wildman–Crippen LogP) is 3.45. The van der Waals surface area contributed by atoms with Crippen LogP contribution < -0.4 is 18.9 Å². The monoisotopic (exact) mass is 415 g/mol. The van der Waals surface area contributed by atoms with E-state index in [1.165, 1.54) is 21.3 Å². The van der Waals surface area contributed by atoms with E-state index in [4.69, 9.17) is 24.5 Å². The molecule has 1 aliphatic rings. The molecule has 2 aromatic rings. The van der Waals surface area contributed by atoms with Crippen molar-refractivity contribution in [1.82, 2.24) is 0 Å². The predicted molar refractivity (Wildman–Crippen MR) is 115 cm³/mol. The second-order valence-electron chi connectivity index (χ2n) is 6.25. The number of carbonyl (C=O) groups excluding carboxylic acids is 1. The third kappa shape index (κ3) is 4.09. The maximum Gasteiger partial charge on any atom is 0.209 e. The van der Waals surface area contributed by atoms with Crippen molar-refractivity contribution >= 4 is 35.9 Å². The van der Waals surface area contributed by atoms with E-state index in [-0.39, 0.29) is 5.78 Å². The van der Waals surface area contributed by atoms with Crippen LogP contribution in [0.15, 0.2) is 36.4 Å². The molecule has 151 valence electrons. The van der Waals surface area contributed by atoms with E-state index >= 15 is 0 Å². The number of ketones is 1. The summed E-state index contributed by atoms with van der Waals surface area (Å²) < 4.78 is 34.3. The third-order valence-corrected chi connectivity index (χ3v) is 5.14. The smallest absolute Gasteiger partial charge is 0.209 e. The van der Waals surface area contributed by atoms with Gasteiger partial charge >= 0.3 is 0 Å². The number of Topliss-reactive ketones (excluding diaryl/α,β-unsaturated/α-hetero) is 1. The van der Waals surface area contributed by atoms with E-state index in [9.17, 15) is 4.79 Å². The van der Waals surface area contributed by atoms with Crippen LogP contribution in [-0.2, 0) is 8.98 Å². The van der Waals surface area contributed by atoms with Crippen LogP contribution >= 0.6 is 11.9 Å². The van der Waals surface area contributed by atoms with Gasteiger partial charge in [-0.05, 0) is 42.3 Å². The molecule has 0 amide bonds. The second-order valence-corrected chi connectivity index (χ2v) is 6.63. The van der Waals surface area contributed by atoms with E-state index in [1.807, 2.05) is 24.3 Å². The molecule has 0 N–H and O–H groups in total. The summed E-state index contributed by atoms with van der Waals surface area (Å²) in [6.07, 6.45) is -0.305. The van der Waals surface area contributed by atoms with Crippen molar-refractivity contribution < 1.29 is 27.9 Å². The summed E-state index contributed by atoms with van der Waals surface area (Å²) in [4.78, 5) is 13.3. The van der Waals surface area contributed by atoms with Crippen LogP contribution in [0.4, 0.5) is 0 Å². The van der Waals surface area contributed by atoms with Gasteiger partial charge in [0.2, 0.25) is 12.8 Å². The molecule has 8 heteroatoms. The van der Waals surface area contributed by atoms with Crippen molar-refractivity contribution in [2.75, 3.05) is 28.4 Å². The lowest BCUT2D eigenvalue weighted by molar-refractivity contribution is -0.118. The van der Waals surface area contributed by atoms with E-state index in [2.05, 4.69) is 0 Å². The Labute approximate surface area is 177 Å². The van der Waals surface area contributed by atoms with Gasteiger partial charge in [0, 0.05) is 12.0 Å². The highest BCUT2D eigenvalue weighted by molar-refractivity contribution is 8.15. The van der Waals surface area contributed by atoms with Crippen LogP contribution in [0.1, 0.15) is 17.5 Å². The number of carbonyl (C=O) groups is 1. The Morgan fingerprint density at radius 3 is 2.14 bits per heavy atom. The van der Waals surface area contributed by atoms with Gasteiger partial charge in [-0.2, -0.15) is 0 Å². The lowest BCUT2D eigenvalue weighted by Crippen LogP contribution is -2.17. The number of ether oxygens (including phenoxy) is 4. The molecule has 1 unspecified atom stereocenters. The van der Waals surface area contributed by atoms with Gasteiger partial charge in [0.15, 0.2) is 17.3 Å². The highest BCUT2D eigenvalue weighted by Gasteiger charge is 2.36. The summed E-state index contributed by atoms with van der Waals surface area (Å²) in [6, 6.07) is 11.0. The van der Waals surface area contributed by atoms with E-state index in [0.29, 0.717) is 34.8 Å². The van der Waals surface area contributed by atoms with Crippen LogP contribution in [0, 0.1) is 0 Å². The van der Waals surface area contributed by atoms with Gasteiger partial charge in [-0.1, -0.05) is 24.0 Å². The topological polar surface area (TPSA) is 63.2 Å². The van der Waals surface area contributed by atoms with Crippen LogP contribution in [-0.4, -0.2) is 48.8 Å². The number of hydrogen-bond acceptors (Lipinski definition) is 7. The first-order valence-electron chi connectivity index (χ1n) is 9.40. The van der Waals surface area contributed by atoms with E-state index < -0.39 is 6.10 Å². The van der Waals surface area contributed by atoms with Gasteiger partial charge in [0.05, 0.1) is 28.4 Å². The van der Waals surface area contributed by atoms with Gasteiger partial charge in [-0.25, -0.2) is 0 Å². The molecule has 0 bridgehead atoms. The van der Waals surface area contributed by atoms with Crippen molar-refractivity contribution in [1.29, 1.82) is 1.34 Å². The molecule has 29 heavy (non-hydrogen) atoms. The maximum atomic E-state index is 13.3. The maximum absolute atomic E-state index is 13.3. The summed E-state index contributed by atoms with van der Waals surface area (Å²) in [6.45, 7) is 0. The summed E-state index contributed by atoms with van der Waals surface area (Å²) >= 11 is 0.836. The summed E-state index contributed by atoms with van der Waals surface area (Å²) in [7, 11) is 7.25. The number of rotatable bonds is 9. The third-order valence-electron chi connectivity index (χ3n) is 4.79. The highest BCUT2D eigenvalue weighted by Crippen LogP contribution is 2.45. The van der Waals surface area contributed by atoms with Crippen LogP contribution in [0.25, 0.3) is 11.1 Å². The molecule has 0 aromatic heterocycles. The molecule has 2 aromatic carbocycles. The van der Waals surface area contributed by atoms with Crippen LogP contribution in [0.5, 0.6) is 23.0 Å². The fraction of sp³-hybridized carbons (Fsp3) is 0.286. The van der Waals surface area contributed by atoms with Gasteiger partial charge in [0.25, 0.3) is 0 Å². The molecular formula is C21H22BO6S. The van der Waals surface area contributed by atoms with Crippen LogP contribution in [0.2, 0.25) is 0 Å². The Hall–Kier alpha value is -2.58. The number of methoxy groups -OCH3 is 4. The van der Waals surface area contributed by atoms with E-state index in [0.717, 1.165) is 35.9 Å². The second kappa shape index (κ2) is 9.28. The fourth-order valence-corrected chi connectivity index (χ4v) is 3.72. The van der Waals surface area contributed by atoms with E-state index in [1.54, 1.807) is 19.2 Å². The van der Waals surface area contributed by atoms with Gasteiger partial charge in [-0.15, -0.1) is 0 Å². The van der Waals surface area contributed by atoms with Crippen molar-refractivity contribution in [3.05, 3.63) is 47.5 Å². The zero-order valence-electron chi connectivity index (χ0n) is 17.7. The first-order chi connectivity index (χ1) is 14.6. The Bertz CT molecular complexity index is 922. The van der Waals surface area contributed by atoms with Crippen molar-refractivity contribution in [3.63, 3.8) is 0 Å². The summed E-state index contributed by atoms with van der Waals surface area (Å²) in [5.41, 5.74) is 2.90. The lowest BCUT2D eigenvalue weighted by Gasteiger charge is -2.15. The molecule has 0 saturated carbocycles. The lowest BCUT2D eigenvalue weighted by atomic mass is 9.96. The van der Waals surface area contributed by atoms with Gasteiger partial charge < -0.3 is 23.1 Å². The first kappa shape index (κ1) is 19.7. The molecule has 6 nitrogen and oxygen atoms in total. The summed E-state index contributed by atoms with van der Waals surface area (Å²) in [5.74, 6) is 1.93. The minimum atomic E-state index is -0.692. The number of benzene rings is 2. The SMILES string of the molecule is [3H][B]SOC1CC(c2ccc(OC)cc2)=C(c2cc(OC)c(OC)c(OC)c2)C1=O. The molecule has 3 rings (SSSR count). The zero-order valence-corrected chi connectivity index (χ0v) is 17.5. The normalized spacial score (nSPS) is 16.5. The molecular weight excluding hydrogens is 391 g/mol. The summed E-state index contributed by atoms with van der Waals surface area (Å²) in [5, 5.41) is 0. The Balaban J connectivity index is 2.15. The Morgan fingerprint density at radius 2 is 1.62 bits per heavy atom. The minimum absolute atomic E-state index is 0.163. The molecule has 0 aliphatic heterocycles. The quantitative estimate of drug-likeness (QED) is 0.459. The average Bonchev–Trinajstić information content (AvgIpc) is 3.12. The molecule has 1 radical (unpaired) electrons. The van der Waals surface area contributed by atoms with Gasteiger partial charge in [0.1, 0.15) is 11.9 Å². The molecule has 0 heterocycles. The zero-order chi connectivity index (χ0) is 21.7. The first-order valence-corrected chi connectivity index (χ1v) is 9.62. The van der Waals surface area contributed by atoms with Crippen molar-refractivity contribution in [3.8, 4) is 23.0 Å².